The quantitative estimate of drug-likeness (QED) is 0.782. The summed E-state index contributed by atoms with van der Waals surface area (Å²) in [6.45, 7) is 1.93. The number of rotatable bonds is 1. The first-order chi connectivity index (χ1) is 7.11. The molecule has 4 heteroatoms. The van der Waals surface area contributed by atoms with E-state index in [-0.39, 0.29) is 0 Å². The second kappa shape index (κ2) is 3.46. The Morgan fingerprint density at radius 2 is 1.87 bits per heavy atom. The minimum atomic E-state index is -0.904. The summed E-state index contributed by atoms with van der Waals surface area (Å²) in [5.74, 6) is -1.40. The SMILES string of the molecule is CCc1cc2cc(F)c(F)cc2nc1N. The monoisotopic (exact) mass is 208 g/mol. The van der Waals surface area contributed by atoms with E-state index in [1.807, 2.05) is 6.92 Å². The maximum Gasteiger partial charge on any atom is 0.161 e. The van der Waals surface area contributed by atoms with Crippen LogP contribution in [0.15, 0.2) is 18.2 Å². The van der Waals surface area contributed by atoms with Crippen LogP contribution in [0.4, 0.5) is 14.6 Å². The highest BCUT2D eigenvalue weighted by molar-refractivity contribution is 5.81. The van der Waals surface area contributed by atoms with Gasteiger partial charge in [0, 0.05) is 11.5 Å². The summed E-state index contributed by atoms with van der Waals surface area (Å²) < 4.78 is 25.9. The van der Waals surface area contributed by atoms with Crippen molar-refractivity contribution < 1.29 is 8.78 Å². The smallest absolute Gasteiger partial charge is 0.161 e. The number of hydrogen-bond donors (Lipinski definition) is 1. The number of nitrogens with two attached hydrogens (primary N) is 1. The Kier molecular flexibility index (Phi) is 2.26. The average molecular weight is 208 g/mol. The van der Waals surface area contributed by atoms with Crippen molar-refractivity contribution in [3.63, 3.8) is 0 Å². The molecule has 1 aromatic carbocycles. The normalized spacial score (nSPS) is 10.9. The van der Waals surface area contributed by atoms with Gasteiger partial charge in [-0.2, -0.15) is 0 Å². The number of fused-ring (bicyclic) bond motifs is 1. The van der Waals surface area contributed by atoms with Gasteiger partial charge in [0.15, 0.2) is 11.6 Å². The van der Waals surface area contributed by atoms with Crippen molar-refractivity contribution in [2.45, 2.75) is 13.3 Å². The second-order valence-electron chi connectivity index (χ2n) is 3.35. The van der Waals surface area contributed by atoms with E-state index in [9.17, 15) is 8.78 Å². The van der Waals surface area contributed by atoms with Crippen LogP contribution >= 0.6 is 0 Å². The van der Waals surface area contributed by atoms with Gasteiger partial charge in [-0.15, -0.1) is 0 Å². The van der Waals surface area contributed by atoms with Crippen LogP contribution in [0.3, 0.4) is 0 Å². The second-order valence-corrected chi connectivity index (χ2v) is 3.35. The number of benzene rings is 1. The lowest BCUT2D eigenvalue weighted by Gasteiger charge is -2.05. The fourth-order valence-corrected chi connectivity index (χ4v) is 1.51. The van der Waals surface area contributed by atoms with E-state index >= 15 is 0 Å². The molecule has 2 N–H and O–H groups in total. The molecule has 0 spiro atoms. The molecule has 0 unspecified atom stereocenters. The van der Waals surface area contributed by atoms with Crippen molar-refractivity contribution in [1.29, 1.82) is 0 Å². The van der Waals surface area contributed by atoms with Crippen LogP contribution in [0, 0.1) is 11.6 Å². The molecule has 0 fully saturated rings. The number of aryl methyl sites for hydroxylation is 1. The summed E-state index contributed by atoms with van der Waals surface area (Å²) in [6.07, 6.45) is 0.716. The largest absolute Gasteiger partial charge is 0.383 e. The standard InChI is InChI=1S/C11H10F2N2/c1-2-6-3-7-4-8(12)9(13)5-10(7)15-11(6)14/h3-5H,2H2,1H3,(H2,14,15). The highest BCUT2D eigenvalue weighted by Crippen LogP contribution is 2.21. The molecule has 0 radical (unpaired) electrons. The molecule has 2 nitrogen and oxygen atoms in total. The predicted octanol–water partition coefficient (Wildman–Crippen LogP) is 2.66. The lowest BCUT2D eigenvalue weighted by molar-refractivity contribution is 0.510. The molecule has 2 aromatic rings. The molecule has 0 aliphatic rings. The van der Waals surface area contributed by atoms with Crippen LogP contribution in [0.2, 0.25) is 0 Å². The molecule has 0 saturated heterocycles. The van der Waals surface area contributed by atoms with Crippen LogP contribution in [-0.2, 0) is 6.42 Å². The number of hydrogen-bond acceptors (Lipinski definition) is 2. The minimum absolute atomic E-state index is 0.371. The van der Waals surface area contributed by atoms with Gasteiger partial charge in [-0.1, -0.05) is 6.92 Å². The molecule has 0 bridgehead atoms. The molecule has 0 amide bonds. The summed E-state index contributed by atoms with van der Waals surface area (Å²) >= 11 is 0. The van der Waals surface area contributed by atoms with E-state index in [2.05, 4.69) is 4.98 Å². The molecule has 1 aromatic heterocycles. The maximum atomic E-state index is 13.0. The zero-order valence-corrected chi connectivity index (χ0v) is 8.22. The first-order valence-electron chi connectivity index (χ1n) is 4.66. The van der Waals surface area contributed by atoms with E-state index in [1.165, 1.54) is 0 Å². The Morgan fingerprint density at radius 1 is 1.20 bits per heavy atom. The third kappa shape index (κ3) is 1.63. The van der Waals surface area contributed by atoms with E-state index in [4.69, 9.17) is 5.73 Å². The van der Waals surface area contributed by atoms with Gasteiger partial charge in [-0.3, -0.25) is 0 Å². The van der Waals surface area contributed by atoms with Crippen molar-refractivity contribution in [2.75, 3.05) is 5.73 Å². The van der Waals surface area contributed by atoms with Gasteiger partial charge >= 0.3 is 0 Å². The fraction of sp³-hybridized carbons (Fsp3) is 0.182. The Balaban J connectivity index is 2.76. The Bertz CT molecular complexity index is 523. The first-order valence-corrected chi connectivity index (χ1v) is 4.66. The number of anilines is 1. The van der Waals surface area contributed by atoms with E-state index in [0.29, 0.717) is 23.1 Å². The van der Waals surface area contributed by atoms with Crippen molar-refractivity contribution in [2.24, 2.45) is 0 Å². The first kappa shape index (κ1) is 9.83. The van der Waals surface area contributed by atoms with Crippen LogP contribution in [-0.4, -0.2) is 4.98 Å². The van der Waals surface area contributed by atoms with Gasteiger partial charge in [0.1, 0.15) is 5.82 Å². The highest BCUT2D eigenvalue weighted by Gasteiger charge is 2.07. The van der Waals surface area contributed by atoms with Crippen molar-refractivity contribution in [3.05, 3.63) is 35.4 Å². The molecular weight excluding hydrogens is 198 g/mol. The van der Waals surface area contributed by atoms with Gasteiger partial charge in [-0.05, 0) is 24.1 Å². The van der Waals surface area contributed by atoms with Crippen molar-refractivity contribution in [1.82, 2.24) is 4.98 Å². The summed E-state index contributed by atoms with van der Waals surface area (Å²) in [5.41, 5.74) is 6.88. The predicted molar refractivity (Wildman–Crippen MR) is 55.4 cm³/mol. The van der Waals surface area contributed by atoms with Gasteiger partial charge in [0.05, 0.1) is 5.52 Å². The Hall–Kier alpha value is -1.71. The number of pyridine rings is 1. The van der Waals surface area contributed by atoms with E-state index < -0.39 is 11.6 Å². The van der Waals surface area contributed by atoms with E-state index in [0.717, 1.165) is 17.7 Å². The molecule has 0 aliphatic heterocycles. The fourth-order valence-electron chi connectivity index (χ4n) is 1.51. The van der Waals surface area contributed by atoms with Gasteiger partial charge in [-0.25, -0.2) is 13.8 Å². The number of halogens is 2. The Labute approximate surface area is 85.7 Å². The number of nitrogens with zero attached hydrogens (tertiary/aromatic N) is 1. The van der Waals surface area contributed by atoms with Gasteiger partial charge in [0.25, 0.3) is 0 Å². The zero-order valence-electron chi connectivity index (χ0n) is 8.22. The molecule has 78 valence electrons. The molecular formula is C11H10F2N2. The topological polar surface area (TPSA) is 38.9 Å². The summed E-state index contributed by atoms with van der Waals surface area (Å²) in [6, 6.07) is 3.93. The molecule has 2 rings (SSSR count). The van der Waals surface area contributed by atoms with Crippen LogP contribution < -0.4 is 5.73 Å². The minimum Gasteiger partial charge on any atom is -0.383 e. The molecule has 0 atom stereocenters. The van der Waals surface area contributed by atoms with Crippen molar-refractivity contribution in [3.8, 4) is 0 Å². The Morgan fingerprint density at radius 3 is 2.53 bits per heavy atom. The van der Waals surface area contributed by atoms with Crippen LogP contribution in [0.25, 0.3) is 10.9 Å². The molecule has 0 saturated carbocycles. The summed E-state index contributed by atoms with van der Waals surface area (Å²) in [5, 5.41) is 0.569. The van der Waals surface area contributed by atoms with Crippen LogP contribution in [0.5, 0.6) is 0 Å². The third-order valence-electron chi connectivity index (χ3n) is 2.35. The van der Waals surface area contributed by atoms with Crippen molar-refractivity contribution >= 4 is 16.7 Å². The zero-order chi connectivity index (χ0) is 11.0. The number of aromatic nitrogens is 1. The van der Waals surface area contributed by atoms with Crippen LogP contribution in [0.1, 0.15) is 12.5 Å². The maximum absolute atomic E-state index is 13.0. The lowest BCUT2D eigenvalue weighted by atomic mass is 10.1. The number of nitrogen functional groups attached to an aromatic ring is 1. The summed E-state index contributed by atoms with van der Waals surface area (Å²) in [4.78, 5) is 4.02. The molecule has 0 aliphatic carbocycles. The third-order valence-corrected chi connectivity index (χ3v) is 2.35. The van der Waals surface area contributed by atoms with Gasteiger partial charge in [0.2, 0.25) is 0 Å². The molecule has 1 heterocycles. The lowest BCUT2D eigenvalue weighted by Crippen LogP contribution is -1.98. The van der Waals surface area contributed by atoms with Gasteiger partial charge < -0.3 is 5.73 Å². The average Bonchev–Trinajstić information content (AvgIpc) is 2.20. The van der Waals surface area contributed by atoms with E-state index in [1.54, 1.807) is 6.07 Å². The summed E-state index contributed by atoms with van der Waals surface area (Å²) in [7, 11) is 0. The molecule has 15 heavy (non-hydrogen) atoms. The highest BCUT2D eigenvalue weighted by atomic mass is 19.2.